The quantitative estimate of drug-likeness (QED) is 0.205. The van der Waals surface area contributed by atoms with Crippen LogP contribution in [0.2, 0.25) is 5.02 Å². The molecule has 0 saturated carbocycles. The maximum atomic E-state index is 12.9. The van der Waals surface area contributed by atoms with Crippen LogP contribution in [0.4, 0.5) is 0 Å². The molecule has 0 unspecified atom stereocenters. The van der Waals surface area contributed by atoms with E-state index in [0.29, 0.717) is 16.1 Å². The molecule has 1 aliphatic heterocycles. The second-order valence-corrected chi connectivity index (χ2v) is 13.5. The highest BCUT2D eigenvalue weighted by Crippen LogP contribution is 2.58. The number of rotatable bonds is 7. The molecular formula is C34H26BrClNO2P. The normalized spacial score (nSPS) is 12.7. The standard InChI is InChI=1S/C34H26ClNO2P.BrH/c35-32-22-25(23-36-33(37)30-18-10-11-19-31(30)34(36)38)20-21-26(32)24-39(27-12-4-1-5-13-27,28-14-6-2-7-15-28)29-16-8-3-9-17-29;/h1-22H,23-24H2;1H/q+1;/p-1. The number of carbonyl (C=O) groups is 2. The first-order valence-corrected chi connectivity index (χ1v) is 15.2. The molecule has 0 bridgehead atoms. The molecule has 5 aromatic rings. The first-order valence-electron chi connectivity index (χ1n) is 12.9. The van der Waals surface area contributed by atoms with Crippen molar-refractivity contribution in [1.82, 2.24) is 4.90 Å². The molecule has 0 fully saturated rings. The van der Waals surface area contributed by atoms with Crippen molar-refractivity contribution in [3.05, 3.63) is 161 Å². The average molecular weight is 627 g/mol. The van der Waals surface area contributed by atoms with Gasteiger partial charge in [-0.2, -0.15) is 0 Å². The van der Waals surface area contributed by atoms with E-state index in [-0.39, 0.29) is 35.3 Å². The number of carbonyl (C=O) groups excluding carboxylic acids is 2. The summed E-state index contributed by atoms with van der Waals surface area (Å²) >= 11 is 6.97. The zero-order valence-electron chi connectivity index (χ0n) is 21.6. The fourth-order valence-corrected chi connectivity index (χ4v) is 10.0. The van der Waals surface area contributed by atoms with Gasteiger partial charge in [-0.1, -0.05) is 90.5 Å². The molecule has 0 spiro atoms. The van der Waals surface area contributed by atoms with Crippen LogP contribution in [0.15, 0.2) is 133 Å². The SMILES string of the molecule is O=C1c2ccccc2C(=O)N1Cc1ccc(C[P+](c2ccccc2)(c2ccccc2)c2ccccc2)c(Cl)c1.[Br-]. The van der Waals surface area contributed by atoms with Gasteiger partial charge in [-0.15, -0.1) is 0 Å². The predicted molar refractivity (Wildman–Crippen MR) is 161 cm³/mol. The van der Waals surface area contributed by atoms with Crippen LogP contribution in [0, 0.1) is 0 Å². The first-order chi connectivity index (χ1) is 19.1. The van der Waals surface area contributed by atoms with Gasteiger partial charge in [-0.05, 0) is 60.2 Å². The zero-order valence-corrected chi connectivity index (χ0v) is 24.8. The Morgan fingerprint density at radius 3 is 1.43 bits per heavy atom. The average Bonchev–Trinajstić information content (AvgIpc) is 3.23. The summed E-state index contributed by atoms with van der Waals surface area (Å²) in [5, 5.41) is 4.49. The Labute approximate surface area is 250 Å². The van der Waals surface area contributed by atoms with Crippen molar-refractivity contribution in [2.45, 2.75) is 12.7 Å². The van der Waals surface area contributed by atoms with Crippen LogP contribution >= 0.6 is 18.9 Å². The maximum absolute atomic E-state index is 12.9. The number of hydrogen-bond acceptors (Lipinski definition) is 2. The summed E-state index contributed by atoms with van der Waals surface area (Å²) in [6.45, 7) is 0.183. The first kappa shape index (κ1) is 28.0. The molecule has 0 aliphatic carbocycles. The van der Waals surface area contributed by atoms with Gasteiger partial charge >= 0.3 is 0 Å². The lowest BCUT2D eigenvalue weighted by atomic mass is 10.1. The van der Waals surface area contributed by atoms with E-state index in [0.717, 1.165) is 17.3 Å². The predicted octanol–water partition coefficient (Wildman–Crippen LogP) is 3.63. The van der Waals surface area contributed by atoms with Crippen LogP contribution < -0.4 is 32.9 Å². The van der Waals surface area contributed by atoms with Gasteiger partial charge in [0.1, 0.15) is 23.2 Å². The topological polar surface area (TPSA) is 37.4 Å². The second-order valence-electron chi connectivity index (χ2n) is 9.64. The van der Waals surface area contributed by atoms with Gasteiger partial charge in [-0.3, -0.25) is 14.5 Å². The molecule has 6 rings (SSSR count). The third-order valence-electron chi connectivity index (χ3n) is 7.33. The van der Waals surface area contributed by atoms with Crippen LogP contribution in [0.3, 0.4) is 0 Å². The van der Waals surface area contributed by atoms with E-state index in [2.05, 4.69) is 97.1 Å². The molecule has 3 nitrogen and oxygen atoms in total. The lowest BCUT2D eigenvalue weighted by Crippen LogP contribution is -3.00. The minimum Gasteiger partial charge on any atom is -1.00 e. The fraction of sp³-hybridized carbons (Fsp3) is 0.0588. The Hall–Kier alpha value is -3.56. The molecule has 0 aromatic heterocycles. The smallest absolute Gasteiger partial charge is 0.261 e. The summed E-state index contributed by atoms with van der Waals surface area (Å²) in [5.74, 6) is -0.532. The Morgan fingerprint density at radius 2 is 1.00 bits per heavy atom. The third kappa shape index (κ3) is 5.04. The van der Waals surface area contributed by atoms with Crippen molar-refractivity contribution in [2.75, 3.05) is 0 Å². The van der Waals surface area contributed by atoms with Crippen molar-refractivity contribution < 1.29 is 26.6 Å². The molecule has 2 amide bonds. The number of nitrogens with zero attached hydrogens (tertiary/aromatic N) is 1. The highest BCUT2D eigenvalue weighted by molar-refractivity contribution is 7.95. The van der Waals surface area contributed by atoms with Crippen LogP contribution in [-0.2, 0) is 12.7 Å². The molecule has 0 N–H and O–H groups in total. The number of amides is 2. The van der Waals surface area contributed by atoms with E-state index >= 15 is 0 Å². The minimum absolute atomic E-state index is 0. The van der Waals surface area contributed by atoms with Gasteiger partial charge in [0.15, 0.2) is 0 Å². The molecule has 40 heavy (non-hydrogen) atoms. The van der Waals surface area contributed by atoms with Crippen LogP contribution in [0.25, 0.3) is 0 Å². The van der Waals surface area contributed by atoms with Crippen LogP contribution in [0.5, 0.6) is 0 Å². The molecular weight excluding hydrogens is 601 g/mol. The van der Waals surface area contributed by atoms with Gasteiger partial charge in [0, 0.05) is 10.6 Å². The molecule has 1 aliphatic rings. The van der Waals surface area contributed by atoms with E-state index in [1.165, 1.54) is 20.8 Å². The van der Waals surface area contributed by atoms with E-state index in [4.69, 9.17) is 11.6 Å². The third-order valence-corrected chi connectivity index (χ3v) is 12.0. The molecule has 1 heterocycles. The summed E-state index contributed by atoms with van der Waals surface area (Å²) in [5.41, 5.74) is 2.76. The maximum Gasteiger partial charge on any atom is 0.261 e. The molecule has 0 saturated heterocycles. The Morgan fingerprint density at radius 1 is 0.575 bits per heavy atom. The highest BCUT2D eigenvalue weighted by atomic mass is 79.9. The molecule has 0 radical (unpaired) electrons. The number of hydrogen-bond donors (Lipinski definition) is 0. The van der Waals surface area contributed by atoms with E-state index in [1.54, 1.807) is 24.3 Å². The van der Waals surface area contributed by atoms with Crippen molar-refractivity contribution in [3.63, 3.8) is 0 Å². The second kappa shape index (κ2) is 11.9. The summed E-state index contributed by atoms with van der Waals surface area (Å²) < 4.78 is 0. The molecule has 6 heteroatoms. The number of fused-ring (bicyclic) bond motifs is 1. The monoisotopic (exact) mass is 625 g/mol. The Balaban J connectivity index is 0.00000323. The summed E-state index contributed by atoms with van der Waals surface area (Å²) in [7, 11) is -2.11. The van der Waals surface area contributed by atoms with Crippen LogP contribution in [0.1, 0.15) is 31.8 Å². The van der Waals surface area contributed by atoms with Gasteiger partial charge in [0.2, 0.25) is 0 Å². The van der Waals surface area contributed by atoms with Crippen molar-refractivity contribution >= 4 is 46.6 Å². The molecule has 0 atom stereocenters. The zero-order chi connectivity index (χ0) is 26.8. The van der Waals surface area contributed by atoms with E-state index in [1.807, 2.05) is 12.1 Å². The molecule has 198 valence electrons. The number of benzene rings is 5. The van der Waals surface area contributed by atoms with Crippen molar-refractivity contribution in [2.24, 2.45) is 0 Å². The highest BCUT2D eigenvalue weighted by Gasteiger charge is 2.45. The summed E-state index contributed by atoms with van der Waals surface area (Å²) in [4.78, 5) is 27.1. The van der Waals surface area contributed by atoms with Crippen molar-refractivity contribution in [1.29, 1.82) is 0 Å². The lowest BCUT2D eigenvalue weighted by Gasteiger charge is -2.28. The van der Waals surface area contributed by atoms with E-state index in [9.17, 15) is 9.59 Å². The van der Waals surface area contributed by atoms with E-state index < -0.39 is 7.26 Å². The summed E-state index contributed by atoms with van der Waals surface area (Å²) in [6, 6.07) is 45.0. The Kier molecular flexibility index (Phi) is 8.32. The minimum atomic E-state index is -2.11. The van der Waals surface area contributed by atoms with Gasteiger partial charge in [-0.25, -0.2) is 0 Å². The van der Waals surface area contributed by atoms with Crippen molar-refractivity contribution in [3.8, 4) is 0 Å². The molecule has 5 aromatic carbocycles. The van der Waals surface area contributed by atoms with Gasteiger partial charge in [0.05, 0.1) is 23.8 Å². The fourth-order valence-electron chi connectivity index (χ4n) is 5.41. The number of imide groups is 1. The van der Waals surface area contributed by atoms with Gasteiger partial charge < -0.3 is 17.0 Å². The largest absolute Gasteiger partial charge is 1.00 e. The van der Waals surface area contributed by atoms with Crippen LogP contribution in [-0.4, -0.2) is 16.7 Å². The lowest BCUT2D eigenvalue weighted by molar-refractivity contribution is -0.0000305. The Bertz CT molecular complexity index is 1530. The summed E-state index contributed by atoms with van der Waals surface area (Å²) in [6.07, 6.45) is 0.747. The number of halogens is 2. The van der Waals surface area contributed by atoms with Gasteiger partial charge in [0.25, 0.3) is 11.8 Å².